The molecule has 0 aliphatic carbocycles. The zero-order valence-electron chi connectivity index (χ0n) is 17.2. The van der Waals surface area contributed by atoms with Crippen LogP contribution < -0.4 is 5.32 Å². The molecule has 0 saturated heterocycles. The van der Waals surface area contributed by atoms with Crippen molar-refractivity contribution in [2.75, 3.05) is 5.32 Å². The van der Waals surface area contributed by atoms with E-state index in [2.05, 4.69) is 10.3 Å². The van der Waals surface area contributed by atoms with E-state index in [1.165, 1.54) is 35.8 Å². The van der Waals surface area contributed by atoms with Gasteiger partial charge in [0.25, 0.3) is 5.91 Å². The maximum atomic E-state index is 13.5. The lowest BCUT2D eigenvalue weighted by molar-refractivity contribution is -0.146. The molecular weight excluding hydrogens is 431 g/mol. The van der Waals surface area contributed by atoms with Gasteiger partial charge in [0.15, 0.2) is 5.13 Å². The number of benzene rings is 1. The smallest absolute Gasteiger partial charge is 0.418 e. The van der Waals surface area contributed by atoms with Gasteiger partial charge in [-0.15, -0.1) is 11.3 Å². The minimum atomic E-state index is -4.53. The van der Waals surface area contributed by atoms with Crippen LogP contribution in [0.3, 0.4) is 0 Å². The highest BCUT2D eigenvalue weighted by molar-refractivity contribution is 7.14. The molecule has 3 aromatic rings. The summed E-state index contributed by atoms with van der Waals surface area (Å²) in [5.41, 5.74) is 0.752. The van der Waals surface area contributed by atoms with E-state index in [0.29, 0.717) is 22.2 Å². The Morgan fingerprint density at radius 3 is 2.55 bits per heavy atom. The number of aromatic nitrogens is 2. The molecule has 1 N–H and O–H groups in total. The van der Waals surface area contributed by atoms with Crippen molar-refractivity contribution in [2.45, 2.75) is 40.0 Å². The fourth-order valence-corrected chi connectivity index (χ4v) is 4.06. The number of hydrogen-bond donors (Lipinski definition) is 1. The molecule has 1 aromatic carbocycles. The average Bonchev–Trinajstić information content (AvgIpc) is 3.25. The summed E-state index contributed by atoms with van der Waals surface area (Å²) >= 11 is 1.16. The molecular formula is C21H20F3N3O3S. The van der Waals surface area contributed by atoms with E-state index < -0.39 is 29.7 Å². The van der Waals surface area contributed by atoms with Crippen LogP contribution >= 0.6 is 11.3 Å². The number of thiazole rings is 1. The Bertz CT molecular complexity index is 1130. The quantitative estimate of drug-likeness (QED) is 0.524. The van der Waals surface area contributed by atoms with Crippen LogP contribution in [0.5, 0.6) is 0 Å². The van der Waals surface area contributed by atoms with Gasteiger partial charge in [0.1, 0.15) is 6.10 Å². The topological polar surface area (TPSA) is 73.2 Å². The van der Waals surface area contributed by atoms with Crippen molar-refractivity contribution >= 4 is 28.3 Å². The average molecular weight is 451 g/mol. The number of nitrogens with one attached hydrogen (secondary N) is 1. The van der Waals surface area contributed by atoms with E-state index in [4.69, 9.17) is 4.74 Å². The molecule has 0 aliphatic heterocycles. The number of rotatable bonds is 5. The number of alkyl halides is 3. The number of carbonyl (C=O) groups is 2. The summed E-state index contributed by atoms with van der Waals surface area (Å²) in [4.78, 5) is 28.1. The predicted octanol–water partition coefficient (Wildman–Crippen LogP) is 5.45. The van der Waals surface area contributed by atoms with Gasteiger partial charge in [0.2, 0.25) is 0 Å². The summed E-state index contributed by atoms with van der Waals surface area (Å²) in [7, 11) is 0. The minimum absolute atomic E-state index is 0.0456. The number of nitrogens with zero attached hydrogens (tertiary/aromatic N) is 2. The molecule has 0 spiro atoms. The highest BCUT2D eigenvalue weighted by Gasteiger charge is 2.34. The third-order valence-corrected chi connectivity index (χ3v) is 5.40. The van der Waals surface area contributed by atoms with Crippen LogP contribution in [0.15, 0.2) is 35.7 Å². The first-order valence-corrected chi connectivity index (χ1v) is 10.2. The van der Waals surface area contributed by atoms with Crippen molar-refractivity contribution in [1.29, 1.82) is 0 Å². The van der Waals surface area contributed by atoms with Crippen molar-refractivity contribution in [3.05, 3.63) is 63.9 Å². The summed E-state index contributed by atoms with van der Waals surface area (Å²) < 4.78 is 46.9. The third-order valence-electron chi connectivity index (χ3n) is 4.63. The summed E-state index contributed by atoms with van der Waals surface area (Å²) in [6.45, 7) is 6.18. The van der Waals surface area contributed by atoms with Gasteiger partial charge in [-0.25, -0.2) is 4.98 Å². The second-order valence-corrected chi connectivity index (χ2v) is 7.78. The normalized spacial score (nSPS) is 12.5. The summed E-state index contributed by atoms with van der Waals surface area (Å²) in [6.07, 6.45) is -5.10. The Morgan fingerprint density at radius 1 is 1.23 bits per heavy atom. The van der Waals surface area contributed by atoms with Crippen LogP contribution in [-0.2, 0) is 15.7 Å². The minimum Gasteiger partial charge on any atom is -0.456 e. The zero-order chi connectivity index (χ0) is 22.9. The molecule has 0 radical (unpaired) electrons. The largest absolute Gasteiger partial charge is 0.456 e. The van der Waals surface area contributed by atoms with Crippen LogP contribution in [0.25, 0.3) is 5.69 Å². The number of para-hydroxylation sites is 1. The van der Waals surface area contributed by atoms with Crippen LogP contribution in [0.4, 0.5) is 18.3 Å². The molecule has 31 heavy (non-hydrogen) atoms. The van der Waals surface area contributed by atoms with Gasteiger partial charge in [0.05, 0.1) is 22.5 Å². The molecule has 1 amide bonds. The molecule has 0 fully saturated rings. The van der Waals surface area contributed by atoms with Gasteiger partial charge in [0, 0.05) is 23.7 Å². The van der Waals surface area contributed by atoms with Gasteiger partial charge in [-0.05, 0) is 39.0 Å². The van der Waals surface area contributed by atoms with E-state index in [1.807, 2.05) is 0 Å². The maximum Gasteiger partial charge on any atom is 0.418 e. The summed E-state index contributed by atoms with van der Waals surface area (Å²) in [5.74, 6) is -0.942. The zero-order valence-corrected chi connectivity index (χ0v) is 18.0. The molecule has 164 valence electrons. The third kappa shape index (κ3) is 4.79. The number of amides is 1. The first-order chi connectivity index (χ1) is 14.5. The Morgan fingerprint density at radius 2 is 1.90 bits per heavy atom. The first-order valence-electron chi connectivity index (χ1n) is 9.28. The summed E-state index contributed by atoms with van der Waals surface area (Å²) in [5, 5.41) is 4.61. The van der Waals surface area contributed by atoms with Gasteiger partial charge in [-0.3, -0.25) is 14.9 Å². The second kappa shape index (κ2) is 8.54. The van der Waals surface area contributed by atoms with Crippen molar-refractivity contribution in [3.63, 3.8) is 0 Å². The molecule has 6 nitrogen and oxygen atoms in total. The highest BCUT2D eigenvalue weighted by Crippen LogP contribution is 2.35. The molecule has 1 atom stereocenters. The van der Waals surface area contributed by atoms with E-state index in [1.54, 1.807) is 26.2 Å². The number of anilines is 1. The Hall–Kier alpha value is -3.14. The Labute approximate surface area is 180 Å². The van der Waals surface area contributed by atoms with Gasteiger partial charge in [-0.2, -0.15) is 13.2 Å². The van der Waals surface area contributed by atoms with Gasteiger partial charge < -0.3 is 9.30 Å². The maximum absolute atomic E-state index is 13.5. The number of carbonyl (C=O) groups excluding carboxylic acids is 2. The van der Waals surface area contributed by atoms with Crippen LogP contribution in [0.2, 0.25) is 0 Å². The monoisotopic (exact) mass is 451 g/mol. The van der Waals surface area contributed by atoms with Crippen molar-refractivity contribution in [2.24, 2.45) is 0 Å². The molecule has 10 heteroatoms. The molecule has 1 unspecified atom stereocenters. The number of aryl methyl sites for hydroxylation is 1. The van der Waals surface area contributed by atoms with Crippen molar-refractivity contribution < 1.29 is 27.5 Å². The van der Waals surface area contributed by atoms with Crippen LogP contribution in [-0.4, -0.2) is 21.4 Å². The standard InChI is InChI=1S/C21H20F3N3O3S/c1-11-9-15(12(2)27(11)18-8-6-5-7-16(18)21(22,23)24)19(29)26-20-25-17(10-31-20)13(3)30-14(4)28/h5-10,13H,1-4H3,(H,25,26,29). The molecule has 2 aromatic heterocycles. The fraction of sp³-hybridized carbons (Fsp3) is 0.286. The lowest BCUT2D eigenvalue weighted by Crippen LogP contribution is -2.15. The molecule has 2 heterocycles. The van der Waals surface area contributed by atoms with Gasteiger partial charge in [-0.1, -0.05) is 12.1 Å². The predicted molar refractivity (Wildman–Crippen MR) is 110 cm³/mol. The summed E-state index contributed by atoms with van der Waals surface area (Å²) in [6, 6.07) is 6.76. The number of esters is 1. The second-order valence-electron chi connectivity index (χ2n) is 6.92. The van der Waals surface area contributed by atoms with Crippen molar-refractivity contribution in [1.82, 2.24) is 9.55 Å². The Kier molecular flexibility index (Phi) is 6.21. The molecule has 0 saturated carbocycles. The molecule has 0 aliphatic rings. The van der Waals surface area contributed by atoms with E-state index in [0.717, 1.165) is 17.4 Å². The Balaban J connectivity index is 1.89. The van der Waals surface area contributed by atoms with Crippen LogP contribution in [0.1, 0.15) is 53.0 Å². The fourth-order valence-electron chi connectivity index (χ4n) is 3.28. The van der Waals surface area contributed by atoms with E-state index >= 15 is 0 Å². The highest BCUT2D eigenvalue weighted by atomic mass is 32.1. The lowest BCUT2D eigenvalue weighted by Gasteiger charge is -2.16. The van der Waals surface area contributed by atoms with Crippen molar-refractivity contribution in [3.8, 4) is 5.69 Å². The lowest BCUT2D eigenvalue weighted by atomic mass is 10.1. The van der Waals surface area contributed by atoms with E-state index in [9.17, 15) is 22.8 Å². The van der Waals surface area contributed by atoms with E-state index in [-0.39, 0.29) is 11.3 Å². The molecule has 0 bridgehead atoms. The van der Waals surface area contributed by atoms with Crippen LogP contribution in [0, 0.1) is 13.8 Å². The van der Waals surface area contributed by atoms with Gasteiger partial charge >= 0.3 is 12.1 Å². The number of hydrogen-bond acceptors (Lipinski definition) is 5. The number of ether oxygens (including phenoxy) is 1. The number of halogens is 3. The molecule has 3 rings (SSSR count). The SMILES string of the molecule is CC(=O)OC(C)c1csc(NC(=O)c2cc(C)n(-c3ccccc3C(F)(F)F)c2C)n1. The first kappa shape index (κ1) is 22.5.